The number of hydrogen-bond donors (Lipinski definition) is 2. The Morgan fingerprint density at radius 3 is 2.62 bits per heavy atom. The lowest BCUT2D eigenvalue weighted by Crippen LogP contribution is -2.47. The Morgan fingerprint density at radius 2 is 2.15 bits per heavy atom. The van der Waals surface area contributed by atoms with Gasteiger partial charge in [0.2, 0.25) is 5.91 Å². The van der Waals surface area contributed by atoms with Crippen LogP contribution in [-0.2, 0) is 4.79 Å². The van der Waals surface area contributed by atoms with E-state index in [9.17, 15) is 9.90 Å². The Labute approximate surface area is 78.7 Å². The molecule has 1 aliphatic heterocycles. The minimum atomic E-state index is -0.366. The average molecular weight is 186 g/mol. The Hall–Kier alpha value is -0.610. The van der Waals surface area contributed by atoms with Gasteiger partial charge in [-0.05, 0) is 19.3 Å². The van der Waals surface area contributed by atoms with E-state index in [0.717, 1.165) is 0 Å². The zero-order valence-electron chi connectivity index (χ0n) is 8.07. The first-order chi connectivity index (χ1) is 6.15. The minimum Gasteiger partial charge on any atom is -0.393 e. The highest BCUT2D eigenvalue weighted by Gasteiger charge is 2.24. The molecule has 1 saturated heterocycles. The van der Waals surface area contributed by atoms with Crippen molar-refractivity contribution < 1.29 is 9.90 Å². The number of nitrogens with two attached hydrogens (primary N) is 1. The van der Waals surface area contributed by atoms with Crippen LogP contribution in [0.3, 0.4) is 0 Å². The van der Waals surface area contributed by atoms with Gasteiger partial charge in [-0.1, -0.05) is 6.92 Å². The molecule has 0 aromatic rings. The van der Waals surface area contributed by atoms with E-state index in [1.165, 1.54) is 0 Å². The lowest BCUT2D eigenvalue weighted by molar-refractivity contribution is -0.134. The maximum absolute atomic E-state index is 11.6. The van der Waals surface area contributed by atoms with Crippen LogP contribution in [0, 0.1) is 0 Å². The van der Waals surface area contributed by atoms with Crippen LogP contribution in [0.4, 0.5) is 0 Å². The van der Waals surface area contributed by atoms with Crippen molar-refractivity contribution in [3.63, 3.8) is 0 Å². The lowest BCUT2D eigenvalue weighted by atomic mass is 10.1. The third-order valence-electron chi connectivity index (χ3n) is 2.53. The summed E-state index contributed by atoms with van der Waals surface area (Å²) in [6.45, 7) is 3.20. The molecule has 13 heavy (non-hydrogen) atoms. The first kappa shape index (κ1) is 10.5. The standard InChI is InChI=1S/C9H18N2O2/c1-2-8(10)9(13)11-5-3-7(12)4-6-11/h7-8,12H,2-6,10H2,1H3/t8-/m0/s1. The first-order valence-corrected chi connectivity index (χ1v) is 4.87. The van der Waals surface area contributed by atoms with Crippen molar-refractivity contribution in [2.24, 2.45) is 5.73 Å². The van der Waals surface area contributed by atoms with Crippen molar-refractivity contribution in [3.8, 4) is 0 Å². The van der Waals surface area contributed by atoms with E-state index in [1.807, 2.05) is 6.92 Å². The summed E-state index contributed by atoms with van der Waals surface area (Å²) >= 11 is 0. The van der Waals surface area contributed by atoms with E-state index < -0.39 is 0 Å². The molecule has 0 aliphatic carbocycles. The number of nitrogens with zero attached hydrogens (tertiary/aromatic N) is 1. The largest absolute Gasteiger partial charge is 0.393 e. The van der Waals surface area contributed by atoms with Crippen molar-refractivity contribution >= 4 is 5.91 Å². The molecule has 1 aliphatic rings. The van der Waals surface area contributed by atoms with Crippen LogP contribution in [0.2, 0.25) is 0 Å². The van der Waals surface area contributed by atoms with Crippen molar-refractivity contribution in [2.75, 3.05) is 13.1 Å². The van der Waals surface area contributed by atoms with E-state index in [4.69, 9.17) is 5.73 Å². The van der Waals surface area contributed by atoms with Gasteiger partial charge in [-0.2, -0.15) is 0 Å². The maximum Gasteiger partial charge on any atom is 0.239 e. The Morgan fingerprint density at radius 1 is 1.62 bits per heavy atom. The molecule has 0 spiro atoms. The van der Waals surface area contributed by atoms with Crippen molar-refractivity contribution in [1.29, 1.82) is 0 Å². The number of aliphatic hydroxyl groups is 1. The summed E-state index contributed by atoms with van der Waals surface area (Å²) in [6.07, 6.45) is 1.81. The van der Waals surface area contributed by atoms with Gasteiger partial charge in [-0.15, -0.1) is 0 Å². The van der Waals surface area contributed by atoms with Gasteiger partial charge >= 0.3 is 0 Å². The molecule has 0 radical (unpaired) electrons. The normalized spacial score (nSPS) is 21.6. The number of carbonyl (C=O) groups excluding carboxylic acids is 1. The summed E-state index contributed by atoms with van der Waals surface area (Å²) in [4.78, 5) is 13.3. The molecule has 0 unspecified atom stereocenters. The predicted octanol–water partition coefficient (Wildman–Crippen LogP) is -0.293. The molecule has 3 N–H and O–H groups in total. The molecule has 0 saturated carbocycles. The third kappa shape index (κ3) is 2.67. The molecular formula is C9H18N2O2. The van der Waals surface area contributed by atoms with E-state index in [-0.39, 0.29) is 18.1 Å². The van der Waals surface area contributed by atoms with Gasteiger partial charge in [-0.25, -0.2) is 0 Å². The minimum absolute atomic E-state index is 0.0226. The molecule has 1 heterocycles. The highest BCUT2D eigenvalue weighted by atomic mass is 16.3. The van der Waals surface area contributed by atoms with Gasteiger partial charge in [-0.3, -0.25) is 4.79 Å². The van der Waals surface area contributed by atoms with Crippen LogP contribution in [0.1, 0.15) is 26.2 Å². The highest BCUT2D eigenvalue weighted by molar-refractivity contribution is 5.81. The molecule has 1 atom stereocenters. The second kappa shape index (κ2) is 4.58. The number of likely N-dealkylation sites (tertiary alicyclic amines) is 1. The number of piperidine rings is 1. The fourth-order valence-electron chi connectivity index (χ4n) is 1.50. The average Bonchev–Trinajstić information content (AvgIpc) is 2.17. The number of aliphatic hydroxyl groups excluding tert-OH is 1. The molecule has 4 heteroatoms. The SMILES string of the molecule is CC[C@H](N)C(=O)N1CCC(O)CC1. The van der Waals surface area contributed by atoms with Crippen molar-refractivity contribution in [1.82, 2.24) is 4.90 Å². The van der Waals surface area contributed by atoms with E-state index in [1.54, 1.807) is 4.90 Å². The van der Waals surface area contributed by atoms with Crippen LogP contribution in [0.5, 0.6) is 0 Å². The van der Waals surface area contributed by atoms with Crippen LogP contribution < -0.4 is 5.73 Å². The molecule has 1 fully saturated rings. The van der Waals surface area contributed by atoms with Gasteiger partial charge in [0.25, 0.3) is 0 Å². The summed E-state index contributed by atoms with van der Waals surface area (Å²) in [5.74, 6) is 0.0226. The summed E-state index contributed by atoms with van der Waals surface area (Å²) in [5, 5.41) is 9.24. The highest BCUT2D eigenvalue weighted by Crippen LogP contribution is 2.11. The molecule has 1 rings (SSSR count). The van der Waals surface area contributed by atoms with Gasteiger partial charge in [0, 0.05) is 13.1 Å². The molecule has 0 bridgehead atoms. The zero-order chi connectivity index (χ0) is 9.84. The maximum atomic E-state index is 11.6. The molecule has 0 aromatic carbocycles. The fourth-order valence-corrected chi connectivity index (χ4v) is 1.50. The number of hydrogen-bond acceptors (Lipinski definition) is 3. The van der Waals surface area contributed by atoms with Gasteiger partial charge in [0.05, 0.1) is 12.1 Å². The van der Waals surface area contributed by atoms with Gasteiger partial charge in [0.15, 0.2) is 0 Å². The molecule has 4 nitrogen and oxygen atoms in total. The van der Waals surface area contributed by atoms with E-state index >= 15 is 0 Å². The van der Waals surface area contributed by atoms with Crippen molar-refractivity contribution in [3.05, 3.63) is 0 Å². The van der Waals surface area contributed by atoms with Gasteiger partial charge in [0.1, 0.15) is 0 Å². The molecule has 0 aromatic heterocycles. The Kier molecular flexibility index (Phi) is 3.69. The van der Waals surface area contributed by atoms with E-state index in [2.05, 4.69) is 0 Å². The van der Waals surface area contributed by atoms with Crippen LogP contribution in [-0.4, -0.2) is 41.1 Å². The van der Waals surface area contributed by atoms with Crippen LogP contribution in [0.15, 0.2) is 0 Å². The van der Waals surface area contributed by atoms with Gasteiger partial charge < -0.3 is 15.7 Å². The Bertz CT molecular complexity index is 176. The Balaban J connectivity index is 2.40. The predicted molar refractivity (Wildman–Crippen MR) is 50.1 cm³/mol. The molecule has 1 amide bonds. The van der Waals surface area contributed by atoms with Crippen LogP contribution >= 0.6 is 0 Å². The number of carbonyl (C=O) groups is 1. The fraction of sp³-hybridized carbons (Fsp3) is 0.889. The summed E-state index contributed by atoms with van der Waals surface area (Å²) < 4.78 is 0. The number of rotatable bonds is 2. The summed E-state index contributed by atoms with van der Waals surface area (Å²) in [6, 6.07) is -0.366. The first-order valence-electron chi connectivity index (χ1n) is 4.87. The lowest BCUT2D eigenvalue weighted by Gasteiger charge is -2.31. The smallest absolute Gasteiger partial charge is 0.239 e. The second-order valence-electron chi connectivity index (χ2n) is 3.57. The second-order valence-corrected chi connectivity index (χ2v) is 3.57. The summed E-state index contributed by atoms with van der Waals surface area (Å²) in [5.41, 5.74) is 5.63. The molecular weight excluding hydrogens is 168 g/mol. The molecule has 76 valence electrons. The zero-order valence-corrected chi connectivity index (χ0v) is 8.07. The quantitative estimate of drug-likeness (QED) is 0.622. The van der Waals surface area contributed by atoms with Crippen LogP contribution in [0.25, 0.3) is 0 Å². The summed E-state index contributed by atoms with van der Waals surface area (Å²) in [7, 11) is 0. The van der Waals surface area contributed by atoms with E-state index in [0.29, 0.717) is 32.4 Å². The monoisotopic (exact) mass is 186 g/mol. The van der Waals surface area contributed by atoms with Crippen molar-refractivity contribution in [2.45, 2.75) is 38.3 Å². The topological polar surface area (TPSA) is 66.6 Å². The number of amides is 1. The third-order valence-corrected chi connectivity index (χ3v) is 2.53.